The number of nitrogens with zero attached hydrogens (tertiary/aromatic N) is 3. The topological polar surface area (TPSA) is 119 Å². The highest BCUT2D eigenvalue weighted by atomic mass is 32.2. The molecule has 1 aromatic carbocycles. The average molecular weight is 564 g/mol. The second kappa shape index (κ2) is 12.8. The van der Waals surface area contributed by atoms with Gasteiger partial charge in [-0.25, -0.2) is 17.5 Å². The molecule has 4 amide bonds. The number of fused-ring (bicyclic) bond motifs is 1. The van der Waals surface area contributed by atoms with E-state index in [0.717, 1.165) is 42.8 Å². The summed E-state index contributed by atoms with van der Waals surface area (Å²) in [5.74, 6) is -1.03. The van der Waals surface area contributed by atoms with E-state index in [1.165, 1.54) is 44.8 Å². The number of anilines is 1. The van der Waals surface area contributed by atoms with Crippen molar-refractivity contribution in [2.24, 2.45) is 0 Å². The Morgan fingerprint density at radius 1 is 1.03 bits per heavy atom. The summed E-state index contributed by atoms with van der Waals surface area (Å²) < 4.78 is 26.9. The van der Waals surface area contributed by atoms with Crippen molar-refractivity contribution in [3.63, 3.8) is 0 Å². The van der Waals surface area contributed by atoms with E-state index in [1.54, 1.807) is 21.1 Å². The molecule has 2 aromatic rings. The molecule has 208 valence electrons. The normalized spacial score (nSPS) is 13.7. The molecule has 10 nitrogen and oxygen atoms in total. The van der Waals surface area contributed by atoms with Crippen molar-refractivity contribution >= 4 is 44.2 Å². The lowest BCUT2D eigenvalue weighted by Crippen LogP contribution is -2.39. The van der Waals surface area contributed by atoms with Gasteiger partial charge in [0.05, 0.1) is 10.5 Å². The molecule has 0 radical (unpaired) electrons. The molecule has 1 aromatic heterocycles. The molecule has 2 heterocycles. The number of benzene rings is 1. The molecular formula is C26H37N5O5S2. The molecule has 0 unspecified atom stereocenters. The smallest absolute Gasteiger partial charge is 0.323 e. The number of unbranched alkanes of at least 4 members (excludes halogenated alkanes) is 1. The highest BCUT2D eigenvalue weighted by Gasteiger charge is 2.30. The number of carbonyl (C=O) groups is 3. The SMILES string of the molecule is CCCCN(C)S(=O)(=O)c1ccc(C(=O)Nc2sc3c(c2C(=O)NC(=O)N(C)C)CCN(CCC)C3)cc1. The number of imide groups is 1. The lowest BCUT2D eigenvalue weighted by atomic mass is 10.0. The predicted molar refractivity (Wildman–Crippen MR) is 149 cm³/mol. The fourth-order valence-corrected chi connectivity index (χ4v) is 6.69. The number of hydrogen-bond acceptors (Lipinski definition) is 7. The summed E-state index contributed by atoms with van der Waals surface area (Å²) in [5.41, 5.74) is 1.41. The number of thiophene rings is 1. The van der Waals surface area contributed by atoms with E-state index < -0.39 is 27.9 Å². The summed E-state index contributed by atoms with van der Waals surface area (Å²) in [6.45, 7) is 6.91. The lowest BCUT2D eigenvalue weighted by Gasteiger charge is -2.26. The fourth-order valence-electron chi connectivity index (χ4n) is 4.20. The molecule has 0 atom stereocenters. The molecule has 38 heavy (non-hydrogen) atoms. The molecule has 12 heteroatoms. The first-order valence-corrected chi connectivity index (χ1v) is 15.0. The maximum Gasteiger partial charge on any atom is 0.323 e. The Balaban J connectivity index is 1.86. The monoisotopic (exact) mass is 563 g/mol. The number of hydrogen-bond donors (Lipinski definition) is 2. The standard InChI is InChI=1S/C26H37N5O5S2/c1-6-8-15-30(5)38(35,36)19-11-9-18(10-12-19)23(32)27-25-22(24(33)28-26(34)29(3)4)20-13-16-31(14-7-2)17-21(20)37-25/h9-12H,6-8,13-17H2,1-5H3,(H,27,32)(H,28,33,34). The van der Waals surface area contributed by atoms with Crippen molar-refractivity contribution in [3.8, 4) is 0 Å². The Morgan fingerprint density at radius 3 is 2.32 bits per heavy atom. The molecule has 1 aliphatic heterocycles. The van der Waals surface area contributed by atoms with Crippen LogP contribution in [-0.2, 0) is 23.0 Å². The Kier molecular flexibility index (Phi) is 10.0. The first kappa shape index (κ1) is 29.8. The predicted octanol–water partition coefficient (Wildman–Crippen LogP) is 3.60. The van der Waals surface area contributed by atoms with E-state index >= 15 is 0 Å². The van der Waals surface area contributed by atoms with Gasteiger partial charge in [-0.1, -0.05) is 20.3 Å². The third kappa shape index (κ3) is 6.79. The Hall–Kier alpha value is -2.80. The van der Waals surface area contributed by atoms with Gasteiger partial charge in [0, 0.05) is 51.2 Å². The van der Waals surface area contributed by atoms with Crippen molar-refractivity contribution in [3.05, 3.63) is 45.8 Å². The van der Waals surface area contributed by atoms with Gasteiger partial charge in [-0.3, -0.25) is 19.8 Å². The van der Waals surface area contributed by atoms with E-state index in [2.05, 4.69) is 22.5 Å². The zero-order valence-electron chi connectivity index (χ0n) is 22.7. The number of urea groups is 1. The number of nitrogens with one attached hydrogen (secondary N) is 2. The van der Waals surface area contributed by atoms with Crippen molar-refractivity contribution in [1.82, 2.24) is 19.4 Å². The van der Waals surface area contributed by atoms with Crippen LogP contribution < -0.4 is 10.6 Å². The largest absolute Gasteiger partial charge is 0.331 e. The maximum atomic E-state index is 13.2. The minimum atomic E-state index is -3.65. The first-order chi connectivity index (χ1) is 18.0. The molecule has 0 fully saturated rings. The summed E-state index contributed by atoms with van der Waals surface area (Å²) in [6, 6.07) is 5.20. The van der Waals surface area contributed by atoms with Gasteiger partial charge in [0.1, 0.15) is 5.00 Å². The second-order valence-electron chi connectivity index (χ2n) is 9.55. The Morgan fingerprint density at radius 2 is 1.71 bits per heavy atom. The molecule has 3 rings (SSSR count). The van der Waals surface area contributed by atoms with E-state index in [4.69, 9.17) is 0 Å². The van der Waals surface area contributed by atoms with Crippen molar-refractivity contribution in [2.75, 3.05) is 46.1 Å². The van der Waals surface area contributed by atoms with Gasteiger partial charge in [0.2, 0.25) is 10.0 Å². The van der Waals surface area contributed by atoms with E-state index in [1.807, 2.05) is 6.92 Å². The van der Waals surface area contributed by atoms with Crippen LogP contribution in [0.3, 0.4) is 0 Å². The number of carbonyl (C=O) groups excluding carboxylic acids is 3. The first-order valence-electron chi connectivity index (χ1n) is 12.8. The van der Waals surface area contributed by atoms with Gasteiger partial charge >= 0.3 is 6.03 Å². The number of amides is 4. The molecule has 1 aliphatic rings. The molecular weight excluding hydrogens is 526 g/mol. The molecule has 0 saturated carbocycles. The van der Waals surface area contributed by atoms with Crippen LogP contribution in [0.25, 0.3) is 0 Å². The van der Waals surface area contributed by atoms with Gasteiger partial charge in [-0.15, -0.1) is 11.3 Å². The summed E-state index contributed by atoms with van der Waals surface area (Å²) >= 11 is 1.34. The third-order valence-electron chi connectivity index (χ3n) is 6.41. The zero-order valence-corrected chi connectivity index (χ0v) is 24.3. The summed E-state index contributed by atoms with van der Waals surface area (Å²) in [6.07, 6.45) is 3.28. The van der Waals surface area contributed by atoms with Crippen LogP contribution in [0.2, 0.25) is 0 Å². The van der Waals surface area contributed by atoms with Crippen molar-refractivity contribution in [1.29, 1.82) is 0 Å². The maximum absolute atomic E-state index is 13.2. The number of rotatable bonds is 10. The van der Waals surface area contributed by atoms with E-state index in [0.29, 0.717) is 30.1 Å². The Labute approximate surface area is 229 Å². The van der Waals surface area contributed by atoms with Crippen LogP contribution in [0.4, 0.5) is 9.80 Å². The summed E-state index contributed by atoms with van der Waals surface area (Å²) in [5, 5.41) is 5.60. The highest BCUT2D eigenvalue weighted by Crippen LogP contribution is 2.37. The van der Waals surface area contributed by atoms with Crippen molar-refractivity contribution < 1.29 is 22.8 Å². The van der Waals surface area contributed by atoms with Crippen molar-refractivity contribution in [2.45, 2.75) is 51.0 Å². The molecule has 0 spiro atoms. The Bertz CT molecular complexity index is 1270. The molecule has 0 bridgehead atoms. The van der Waals surface area contributed by atoms with E-state index in [-0.39, 0.29) is 10.5 Å². The zero-order chi connectivity index (χ0) is 28.0. The van der Waals surface area contributed by atoms with Gasteiger partial charge in [-0.05, 0) is 55.6 Å². The molecule has 0 aliphatic carbocycles. The van der Waals surface area contributed by atoms with Gasteiger partial charge in [-0.2, -0.15) is 0 Å². The number of sulfonamides is 1. The fraction of sp³-hybridized carbons (Fsp3) is 0.500. The molecule has 0 saturated heterocycles. The third-order valence-corrected chi connectivity index (χ3v) is 9.41. The van der Waals surface area contributed by atoms with Gasteiger partial charge in [0.15, 0.2) is 0 Å². The van der Waals surface area contributed by atoms with Gasteiger partial charge in [0.25, 0.3) is 11.8 Å². The minimum absolute atomic E-state index is 0.109. The van der Waals surface area contributed by atoms with Crippen LogP contribution in [0.1, 0.15) is 64.3 Å². The van der Waals surface area contributed by atoms with Crippen LogP contribution in [-0.4, -0.2) is 81.1 Å². The average Bonchev–Trinajstić information content (AvgIpc) is 3.24. The van der Waals surface area contributed by atoms with Crippen LogP contribution in [0.15, 0.2) is 29.2 Å². The van der Waals surface area contributed by atoms with E-state index in [9.17, 15) is 22.8 Å². The molecule has 2 N–H and O–H groups in total. The quantitative estimate of drug-likeness (QED) is 0.456. The second-order valence-corrected chi connectivity index (χ2v) is 12.7. The summed E-state index contributed by atoms with van der Waals surface area (Å²) in [7, 11) is 0.978. The van der Waals surface area contributed by atoms with Crippen LogP contribution in [0, 0.1) is 0 Å². The minimum Gasteiger partial charge on any atom is -0.331 e. The summed E-state index contributed by atoms with van der Waals surface area (Å²) in [4.78, 5) is 43.1. The highest BCUT2D eigenvalue weighted by molar-refractivity contribution is 7.89. The van der Waals surface area contributed by atoms with Gasteiger partial charge < -0.3 is 10.2 Å². The lowest BCUT2D eigenvalue weighted by molar-refractivity contribution is 0.0956. The van der Waals surface area contributed by atoms with Crippen LogP contribution in [0.5, 0.6) is 0 Å². The van der Waals surface area contributed by atoms with Crippen LogP contribution >= 0.6 is 11.3 Å².